The number of nitrogens with zero attached hydrogens (tertiary/aromatic N) is 3. The van der Waals surface area contributed by atoms with Gasteiger partial charge in [0.25, 0.3) is 0 Å². The average molecular weight is 461 g/mol. The van der Waals surface area contributed by atoms with Crippen LogP contribution in [0, 0.1) is 11.8 Å². The number of aliphatic carboxylic acids is 1. The van der Waals surface area contributed by atoms with Crippen LogP contribution < -0.4 is 5.32 Å². The molecule has 0 bridgehead atoms. The van der Waals surface area contributed by atoms with Crippen molar-refractivity contribution in [1.29, 1.82) is 0 Å². The normalized spacial score (nSPS) is 31.6. The Bertz CT molecular complexity index is 1100. The number of aliphatic hydroxyl groups excluding tert-OH is 1. The Morgan fingerprint density at radius 3 is 3.03 bits per heavy atom. The van der Waals surface area contributed by atoms with Crippen LogP contribution in [0.2, 0.25) is 0 Å². The Morgan fingerprint density at radius 1 is 1.48 bits per heavy atom. The minimum atomic E-state index is -1.07. The molecule has 3 aliphatic heterocycles. The Balaban J connectivity index is 1.29. The monoisotopic (exact) mass is 460 g/mol. The number of β-lactam (4-membered cyclic amide) rings is 1. The van der Waals surface area contributed by atoms with Gasteiger partial charge in [0.2, 0.25) is 5.91 Å². The molecule has 31 heavy (non-hydrogen) atoms. The van der Waals surface area contributed by atoms with Crippen molar-refractivity contribution in [3.8, 4) is 0 Å². The van der Waals surface area contributed by atoms with Gasteiger partial charge in [0, 0.05) is 34.0 Å². The van der Waals surface area contributed by atoms with Crippen LogP contribution in [0.3, 0.4) is 0 Å². The fraction of sp³-hybridized carbons (Fsp3) is 0.476. The molecule has 0 spiro atoms. The van der Waals surface area contributed by atoms with E-state index in [-0.39, 0.29) is 34.9 Å². The molecule has 0 aromatic carbocycles. The van der Waals surface area contributed by atoms with Crippen molar-refractivity contribution < 1.29 is 19.8 Å². The number of hydrogen-bond acceptors (Lipinski definition) is 7. The first-order chi connectivity index (χ1) is 14.9. The molecule has 3 N–H and O–H groups in total. The van der Waals surface area contributed by atoms with Gasteiger partial charge in [0.05, 0.1) is 30.0 Å². The van der Waals surface area contributed by atoms with Gasteiger partial charge < -0.3 is 20.4 Å². The summed E-state index contributed by atoms with van der Waals surface area (Å²) in [6.07, 6.45) is 7.98. The largest absolute Gasteiger partial charge is 0.477 e. The summed E-state index contributed by atoms with van der Waals surface area (Å²) in [7, 11) is 0. The number of carboxylic acid groups (broad SMARTS) is 1. The second-order valence-corrected chi connectivity index (χ2v) is 10.6. The SMILES string of the molecule is C[C@@H](O)[C@H]1C(=O)N2C(C(=O)O)=C(S[C@@H]3CN[C@H](/C=C\c4csc5cncn45)C3)[C@H](C)[C@H]12. The highest BCUT2D eigenvalue weighted by atomic mass is 32.2. The highest BCUT2D eigenvalue weighted by molar-refractivity contribution is 8.03. The first kappa shape index (κ1) is 20.7. The van der Waals surface area contributed by atoms with Crippen LogP contribution in [-0.4, -0.2) is 66.4 Å². The van der Waals surface area contributed by atoms with E-state index in [1.54, 1.807) is 36.3 Å². The highest BCUT2D eigenvalue weighted by Crippen LogP contribution is 2.51. The van der Waals surface area contributed by atoms with Crippen LogP contribution in [0.15, 0.2) is 34.6 Å². The zero-order valence-corrected chi connectivity index (χ0v) is 18.8. The molecule has 5 heterocycles. The number of imidazole rings is 1. The third-order valence-corrected chi connectivity index (χ3v) is 8.83. The summed E-state index contributed by atoms with van der Waals surface area (Å²) < 4.78 is 2.05. The Morgan fingerprint density at radius 2 is 2.29 bits per heavy atom. The molecule has 0 unspecified atom stereocenters. The smallest absolute Gasteiger partial charge is 0.353 e. The van der Waals surface area contributed by atoms with Gasteiger partial charge in [-0.3, -0.25) is 9.20 Å². The summed E-state index contributed by atoms with van der Waals surface area (Å²) in [5.74, 6) is -1.97. The van der Waals surface area contributed by atoms with Gasteiger partial charge in [-0.05, 0) is 19.4 Å². The van der Waals surface area contributed by atoms with Gasteiger partial charge in [0.15, 0.2) is 0 Å². The summed E-state index contributed by atoms with van der Waals surface area (Å²) in [4.78, 5) is 31.9. The molecule has 2 fully saturated rings. The van der Waals surface area contributed by atoms with Gasteiger partial charge >= 0.3 is 5.97 Å². The molecular formula is C21H24N4O4S2. The summed E-state index contributed by atoms with van der Waals surface area (Å²) >= 11 is 3.22. The van der Waals surface area contributed by atoms with Crippen LogP contribution in [0.5, 0.6) is 0 Å². The minimum Gasteiger partial charge on any atom is -0.477 e. The van der Waals surface area contributed by atoms with Gasteiger partial charge in [-0.2, -0.15) is 0 Å². The average Bonchev–Trinajstić information content (AvgIpc) is 3.45. The molecule has 5 rings (SSSR count). The quantitative estimate of drug-likeness (QED) is 0.566. The predicted molar refractivity (Wildman–Crippen MR) is 120 cm³/mol. The molecule has 0 saturated carbocycles. The third kappa shape index (κ3) is 3.32. The number of amides is 1. The molecule has 10 heteroatoms. The maximum Gasteiger partial charge on any atom is 0.353 e. The van der Waals surface area contributed by atoms with Crippen LogP contribution >= 0.6 is 23.1 Å². The fourth-order valence-electron chi connectivity index (χ4n) is 4.90. The fourth-order valence-corrected chi connectivity index (χ4v) is 7.22. The maximum atomic E-state index is 12.5. The number of fused-ring (bicyclic) bond motifs is 2. The second-order valence-electron chi connectivity index (χ2n) is 8.38. The number of carbonyl (C=O) groups excluding carboxylic acids is 1. The van der Waals surface area contributed by atoms with Crippen molar-refractivity contribution in [2.45, 2.75) is 43.7 Å². The van der Waals surface area contributed by atoms with E-state index in [0.717, 1.165) is 28.4 Å². The van der Waals surface area contributed by atoms with Gasteiger partial charge in [0.1, 0.15) is 16.9 Å². The molecule has 3 aliphatic rings. The van der Waals surface area contributed by atoms with Crippen molar-refractivity contribution >= 4 is 45.9 Å². The number of carbonyl (C=O) groups is 2. The van der Waals surface area contributed by atoms with Crippen molar-refractivity contribution in [2.75, 3.05) is 6.54 Å². The van der Waals surface area contributed by atoms with E-state index in [0.29, 0.717) is 0 Å². The summed E-state index contributed by atoms with van der Waals surface area (Å²) in [5.41, 5.74) is 1.19. The molecule has 0 aliphatic carbocycles. The van der Waals surface area contributed by atoms with E-state index in [4.69, 9.17) is 0 Å². The summed E-state index contributed by atoms with van der Waals surface area (Å²) in [5, 5.41) is 25.6. The zero-order chi connectivity index (χ0) is 21.9. The van der Waals surface area contributed by atoms with Crippen molar-refractivity contribution in [3.63, 3.8) is 0 Å². The molecule has 0 radical (unpaired) electrons. The standard InChI is InChI=1S/C21H24N4O4S2/c1-10-17-16(11(2)26)20(27)25(17)18(21(28)29)19(10)31-14-5-12(23-6-14)3-4-13-8-30-15-7-22-9-24(13)15/h3-4,7-12,14,16-17,23,26H,5-6H2,1-2H3,(H,28,29)/b4-3-/t10-,11-,12-,14+,16-,17-/m1/s1. The molecule has 2 aromatic heterocycles. The summed E-state index contributed by atoms with van der Waals surface area (Å²) in [6.45, 7) is 4.33. The number of thiazole rings is 1. The first-order valence-corrected chi connectivity index (χ1v) is 12.1. The number of rotatable bonds is 6. The van der Waals surface area contributed by atoms with Crippen LogP contribution in [0.1, 0.15) is 26.0 Å². The van der Waals surface area contributed by atoms with E-state index in [2.05, 4.69) is 27.8 Å². The van der Waals surface area contributed by atoms with Crippen LogP contribution in [0.25, 0.3) is 10.9 Å². The lowest BCUT2D eigenvalue weighted by molar-refractivity contribution is -0.163. The molecule has 164 valence electrons. The van der Waals surface area contributed by atoms with Crippen molar-refractivity contribution in [2.24, 2.45) is 11.8 Å². The topological polar surface area (TPSA) is 107 Å². The van der Waals surface area contributed by atoms with E-state index in [1.807, 2.05) is 17.5 Å². The maximum absolute atomic E-state index is 12.5. The molecule has 8 nitrogen and oxygen atoms in total. The lowest BCUT2D eigenvalue weighted by atomic mass is 9.79. The summed E-state index contributed by atoms with van der Waals surface area (Å²) in [6, 6.07) is -0.0623. The Kier molecular flexibility index (Phi) is 5.20. The number of aliphatic hydroxyl groups is 1. The van der Waals surface area contributed by atoms with Crippen molar-refractivity contribution in [3.05, 3.63) is 40.3 Å². The lowest BCUT2D eigenvalue weighted by Gasteiger charge is -2.46. The number of carboxylic acids is 1. The molecule has 2 aromatic rings. The Hall–Kier alpha value is -2.14. The van der Waals surface area contributed by atoms with Crippen LogP contribution in [0.4, 0.5) is 0 Å². The highest BCUT2D eigenvalue weighted by Gasteiger charge is 2.60. The zero-order valence-electron chi connectivity index (χ0n) is 17.1. The van der Waals surface area contributed by atoms with Gasteiger partial charge in [-0.1, -0.05) is 13.0 Å². The molecule has 1 amide bonds. The van der Waals surface area contributed by atoms with E-state index in [9.17, 15) is 19.8 Å². The minimum absolute atomic E-state index is 0.0941. The number of hydrogen-bond donors (Lipinski definition) is 3. The van der Waals surface area contributed by atoms with Gasteiger partial charge in [-0.15, -0.1) is 23.1 Å². The van der Waals surface area contributed by atoms with Gasteiger partial charge in [-0.25, -0.2) is 9.78 Å². The first-order valence-electron chi connectivity index (χ1n) is 10.3. The lowest BCUT2D eigenvalue weighted by Crippen LogP contribution is -2.63. The van der Waals surface area contributed by atoms with E-state index in [1.165, 1.54) is 4.90 Å². The number of nitrogens with one attached hydrogen (secondary N) is 1. The number of thioether (sulfide) groups is 1. The molecule has 6 atom stereocenters. The van der Waals surface area contributed by atoms with E-state index >= 15 is 0 Å². The second kappa shape index (κ2) is 7.77. The number of aromatic nitrogens is 2. The molecule has 2 saturated heterocycles. The van der Waals surface area contributed by atoms with Crippen molar-refractivity contribution in [1.82, 2.24) is 19.6 Å². The van der Waals surface area contributed by atoms with Crippen LogP contribution in [-0.2, 0) is 9.59 Å². The predicted octanol–water partition coefficient (Wildman–Crippen LogP) is 2.03. The van der Waals surface area contributed by atoms with E-state index < -0.39 is 18.0 Å². The Labute approximate surface area is 187 Å². The third-order valence-electron chi connectivity index (χ3n) is 6.41. The molecular weight excluding hydrogens is 436 g/mol.